The lowest BCUT2D eigenvalue weighted by molar-refractivity contribution is -0.143. The molecule has 0 saturated heterocycles. The van der Waals surface area contributed by atoms with E-state index in [0.29, 0.717) is 6.61 Å². The molecule has 0 spiro atoms. The van der Waals surface area contributed by atoms with Gasteiger partial charge in [0.05, 0.1) is 6.61 Å². The molecule has 0 heterocycles. The zero-order chi connectivity index (χ0) is 13.7. The van der Waals surface area contributed by atoms with Gasteiger partial charge < -0.3 is 10.5 Å². The molecular weight excluding hydrogens is 240 g/mol. The summed E-state index contributed by atoms with van der Waals surface area (Å²) in [4.78, 5) is 11.1. The Morgan fingerprint density at radius 2 is 2.06 bits per heavy atom. The number of carbonyl (C=O) groups is 1. The molecule has 0 aliphatic rings. The Labute approximate surface area is 105 Å². The molecular formula is C13H17F2NO2. The lowest BCUT2D eigenvalue weighted by atomic mass is 10.0. The summed E-state index contributed by atoms with van der Waals surface area (Å²) in [7, 11) is 0. The van der Waals surface area contributed by atoms with E-state index >= 15 is 0 Å². The molecule has 0 saturated carbocycles. The number of halogens is 2. The maximum absolute atomic E-state index is 13.6. The van der Waals surface area contributed by atoms with Gasteiger partial charge in [0.25, 0.3) is 0 Å². The summed E-state index contributed by atoms with van der Waals surface area (Å²) in [5.41, 5.74) is 6.06. The molecule has 0 radical (unpaired) electrons. The first kappa shape index (κ1) is 14.6. The zero-order valence-corrected chi connectivity index (χ0v) is 10.5. The molecule has 1 unspecified atom stereocenters. The minimum atomic E-state index is -0.718. The van der Waals surface area contributed by atoms with Crippen molar-refractivity contribution < 1.29 is 18.3 Å². The zero-order valence-electron chi connectivity index (χ0n) is 10.5. The van der Waals surface area contributed by atoms with E-state index < -0.39 is 17.7 Å². The summed E-state index contributed by atoms with van der Waals surface area (Å²) in [6.07, 6.45) is 0.308. The number of carbonyl (C=O) groups excluding carboxylic acids is 1. The average Bonchev–Trinajstić information content (AvgIpc) is 2.31. The van der Waals surface area contributed by atoms with Gasteiger partial charge in [0.15, 0.2) is 0 Å². The molecule has 1 aromatic carbocycles. The van der Waals surface area contributed by atoms with Gasteiger partial charge in [0.2, 0.25) is 0 Å². The molecule has 18 heavy (non-hydrogen) atoms. The molecule has 0 aromatic heterocycles. The SMILES string of the molecule is CCOC(=O)CCC(N)c1cc(F)c(C)cc1F. The Balaban J connectivity index is 2.69. The molecule has 1 rings (SSSR count). The molecule has 0 amide bonds. The fraction of sp³-hybridized carbons (Fsp3) is 0.462. The molecule has 3 nitrogen and oxygen atoms in total. The van der Waals surface area contributed by atoms with Gasteiger partial charge in [-0.1, -0.05) is 0 Å². The predicted molar refractivity (Wildman–Crippen MR) is 63.9 cm³/mol. The van der Waals surface area contributed by atoms with E-state index in [4.69, 9.17) is 10.5 Å². The van der Waals surface area contributed by atoms with Gasteiger partial charge in [-0.2, -0.15) is 0 Å². The van der Waals surface area contributed by atoms with Crippen LogP contribution >= 0.6 is 0 Å². The van der Waals surface area contributed by atoms with Crippen molar-refractivity contribution in [3.63, 3.8) is 0 Å². The Bertz CT molecular complexity index is 435. The van der Waals surface area contributed by atoms with E-state index in [1.54, 1.807) is 6.92 Å². The third-order valence-electron chi connectivity index (χ3n) is 2.64. The van der Waals surface area contributed by atoms with Crippen LogP contribution in [0.4, 0.5) is 8.78 Å². The van der Waals surface area contributed by atoms with E-state index in [-0.39, 0.29) is 29.9 Å². The highest BCUT2D eigenvalue weighted by Crippen LogP contribution is 2.22. The number of hydrogen-bond acceptors (Lipinski definition) is 3. The van der Waals surface area contributed by atoms with Gasteiger partial charge in [-0.15, -0.1) is 0 Å². The van der Waals surface area contributed by atoms with Crippen molar-refractivity contribution in [1.29, 1.82) is 0 Å². The fourth-order valence-electron chi connectivity index (χ4n) is 1.61. The van der Waals surface area contributed by atoms with Crippen LogP contribution in [0.25, 0.3) is 0 Å². The third kappa shape index (κ3) is 3.77. The minimum Gasteiger partial charge on any atom is -0.466 e. The van der Waals surface area contributed by atoms with Crippen LogP contribution < -0.4 is 5.73 Å². The van der Waals surface area contributed by atoms with E-state index in [9.17, 15) is 13.6 Å². The number of nitrogens with two attached hydrogens (primary N) is 1. The van der Waals surface area contributed by atoms with Gasteiger partial charge in [-0.3, -0.25) is 4.79 Å². The topological polar surface area (TPSA) is 52.3 Å². The molecule has 5 heteroatoms. The Hall–Kier alpha value is -1.49. The lowest BCUT2D eigenvalue weighted by Gasteiger charge is -2.13. The summed E-state index contributed by atoms with van der Waals surface area (Å²) in [6, 6.07) is 1.47. The van der Waals surface area contributed by atoms with Crippen molar-refractivity contribution in [2.24, 2.45) is 5.73 Å². The largest absolute Gasteiger partial charge is 0.466 e. The van der Waals surface area contributed by atoms with Gasteiger partial charge >= 0.3 is 5.97 Å². The summed E-state index contributed by atoms with van der Waals surface area (Å²) in [5, 5.41) is 0. The highest BCUT2D eigenvalue weighted by molar-refractivity contribution is 5.69. The van der Waals surface area contributed by atoms with Crippen molar-refractivity contribution >= 4 is 5.97 Å². The fourth-order valence-corrected chi connectivity index (χ4v) is 1.61. The monoisotopic (exact) mass is 257 g/mol. The van der Waals surface area contributed by atoms with E-state index in [2.05, 4.69) is 0 Å². The van der Waals surface area contributed by atoms with Crippen LogP contribution in [-0.2, 0) is 9.53 Å². The van der Waals surface area contributed by atoms with E-state index in [0.717, 1.165) is 12.1 Å². The van der Waals surface area contributed by atoms with Crippen LogP contribution in [0.15, 0.2) is 12.1 Å². The second-order valence-electron chi connectivity index (χ2n) is 4.07. The molecule has 1 aromatic rings. The highest BCUT2D eigenvalue weighted by atomic mass is 19.1. The van der Waals surface area contributed by atoms with Gasteiger partial charge in [-0.05, 0) is 38.0 Å². The Morgan fingerprint density at radius 1 is 1.39 bits per heavy atom. The van der Waals surface area contributed by atoms with Crippen molar-refractivity contribution in [3.05, 3.63) is 34.9 Å². The molecule has 0 bridgehead atoms. The van der Waals surface area contributed by atoms with E-state index in [1.807, 2.05) is 0 Å². The molecule has 2 N–H and O–H groups in total. The number of benzene rings is 1. The standard InChI is InChI=1S/C13H17F2NO2/c1-3-18-13(17)5-4-12(16)9-7-10(14)8(2)6-11(9)15/h6-7,12H,3-5,16H2,1-2H3. The van der Waals surface area contributed by atoms with Gasteiger partial charge in [0.1, 0.15) is 11.6 Å². The average molecular weight is 257 g/mol. The lowest BCUT2D eigenvalue weighted by Crippen LogP contribution is -2.15. The summed E-state index contributed by atoms with van der Waals surface area (Å²) < 4.78 is 31.7. The van der Waals surface area contributed by atoms with E-state index in [1.165, 1.54) is 6.92 Å². The maximum atomic E-state index is 13.6. The number of ether oxygens (including phenoxy) is 1. The minimum absolute atomic E-state index is 0.0856. The quantitative estimate of drug-likeness (QED) is 0.825. The van der Waals surface area contributed by atoms with Crippen LogP contribution in [-0.4, -0.2) is 12.6 Å². The smallest absolute Gasteiger partial charge is 0.305 e. The first-order chi connectivity index (χ1) is 8.45. The number of aryl methyl sites for hydroxylation is 1. The second-order valence-corrected chi connectivity index (χ2v) is 4.07. The summed E-state index contributed by atoms with van der Waals surface area (Å²) in [5.74, 6) is -1.44. The maximum Gasteiger partial charge on any atom is 0.305 e. The van der Waals surface area contributed by atoms with Gasteiger partial charge in [0, 0.05) is 18.0 Å². The van der Waals surface area contributed by atoms with Gasteiger partial charge in [-0.25, -0.2) is 8.78 Å². The first-order valence-electron chi connectivity index (χ1n) is 5.82. The second kappa shape index (κ2) is 6.44. The Morgan fingerprint density at radius 3 is 2.67 bits per heavy atom. The number of esters is 1. The van der Waals surface area contributed by atoms with Crippen LogP contribution in [0, 0.1) is 18.6 Å². The normalized spacial score (nSPS) is 12.3. The molecule has 1 atom stereocenters. The predicted octanol–water partition coefficient (Wildman–Crippen LogP) is 2.62. The van der Waals surface area contributed by atoms with Crippen molar-refractivity contribution in [2.75, 3.05) is 6.61 Å². The number of rotatable bonds is 5. The summed E-state index contributed by atoms with van der Waals surface area (Å²) in [6.45, 7) is 3.47. The molecule has 0 aliphatic heterocycles. The highest BCUT2D eigenvalue weighted by Gasteiger charge is 2.15. The van der Waals surface area contributed by atoms with Crippen LogP contribution in [0.2, 0.25) is 0 Å². The van der Waals surface area contributed by atoms with Crippen LogP contribution in [0.3, 0.4) is 0 Å². The van der Waals surface area contributed by atoms with Crippen molar-refractivity contribution in [2.45, 2.75) is 32.7 Å². The van der Waals surface area contributed by atoms with Crippen LogP contribution in [0.1, 0.15) is 36.9 Å². The first-order valence-corrected chi connectivity index (χ1v) is 5.82. The third-order valence-corrected chi connectivity index (χ3v) is 2.64. The Kier molecular flexibility index (Phi) is 5.22. The molecule has 100 valence electrons. The number of hydrogen-bond donors (Lipinski definition) is 1. The van der Waals surface area contributed by atoms with Crippen molar-refractivity contribution in [3.8, 4) is 0 Å². The summed E-state index contributed by atoms with van der Waals surface area (Å²) >= 11 is 0. The molecule has 0 aliphatic carbocycles. The van der Waals surface area contributed by atoms with Crippen molar-refractivity contribution in [1.82, 2.24) is 0 Å². The van der Waals surface area contributed by atoms with Crippen LogP contribution in [0.5, 0.6) is 0 Å². The molecule has 0 fully saturated rings.